The van der Waals surface area contributed by atoms with Crippen LogP contribution in [0.1, 0.15) is 0 Å². The Balaban J connectivity index is 0.000000102. The van der Waals surface area contributed by atoms with Gasteiger partial charge in [0.2, 0.25) is 5.95 Å². The predicted octanol–water partition coefficient (Wildman–Crippen LogP) is 30.9. The summed E-state index contributed by atoms with van der Waals surface area (Å²) in [7, 11) is 0. The fourth-order valence-corrected chi connectivity index (χ4v) is 21.6. The van der Waals surface area contributed by atoms with E-state index in [-0.39, 0.29) is 0 Å². The topological polar surface area (TPSA) is 142 Å². The number of rotatable bonds is 8. The first kappa shape index (κ1) is 76.9. The van der Waals surface area contributed by atoms with Crippen molar-refractivity contribution in [3.05, 3.63) is 450 Å². The molecule has 0 saturated heterocycles. The fraction of sp³-hybridized carbons (Fsp3) is 0. The number of benzene rings is 17. The Kier molecular flexibility index (Phi) is 17.3. The molecule has 24 aromatic rings. The molecule has 0 fully saturated rings. The van der Waals surface area contributed by atoms with Gasteiger partial charge in [0.1, 0.15) is 6.33 Å². The molecule has 6 aliphatic heterocycles. The second-order valence-corrected chi connectivity index (χ2v) is 34.8. The lowest BCUT2D eigenvalue weighted by Crippen LogP contribution is -2.26. The van der Waals surface area contributed by atoms with Crippen molar-refractivity contribution in [2.24, 2.45) is 0 Å². The minimum atomic E-state index is 0.620. The number of para-hydroxylation sites is 11. The maximum Gasteiger partial charge on any atom is 0.235 e. The number of fused-ring (bicyclic) bond motifs is 22. The molecule has 0 saturated carbocycles. The number of hydrogen-bond acceptors (Lipinski definition) is 14. The Hall–Kier alpha value is -18.9. The molecule has 6 aliphatic rings. The molecule has 0 radical (unpaired) electrons. The van der Waals surface area contributed by atoms with Crippen LogP contribution in [0.5, 0.6) is 0 Å². The van der Waals surface area contributed by atoms with Crippen LogP contribution in [0.4, 0.5) is 85.6 Å². The molecule has 0 aliphatic carbocycles. The van der Waals surface area contributed by atoms with Crippen molar-refractivity contribution >= 4 is 140 Å². The van der Waals surface area contributed by atoms with Gasteiger partial charge in [0, 0.05) is 113 Å². The van der Waals surface area contributed by atoms with Crippen molar-refractivity contribution in [3.8, 4) is 124 Å². The molecule has 30 rings (SSSR count). The second-order valence-electron chi connectivity index (χ2n) is 34.8. The molecular formula is C121H74N16. The average molecular weight is 1750 g/mol. The van der Waals surface area contributed by atoms with Crippen LogP contribution in [-0.2, 0) is 0 Å². The number of nitrogens with zero attached hydrogens (tertiary/aromatic N) is 16. The summed E-state index contributed by atoms with van der Waals surface area (Å²) < 4.78 is 4.87. The molecule has 0 spiro atoms. The van der Waals surface area contributed by atoms with Gasteiger partial charge >= 0.3 is 0 Å². The monoisotopic (exact) mass is 1750 g/mol. The fourth-order valence-electron chi connectivity index (χ4n) is 21.6. The highest BCUT2D eigenvalue weighted by atomic mass is 15.3. The molecular weight excluding hydrogens is 1680 g/mol. The van der Waals surface area contributed by atoms with Gasteiger partial charge in [-0.1, -0.05) is 291 Å². The first-order valence-electron chi connectivity index (χ1n) is 46.0. The van der Waals surface area contributed by atoms with Gasteiger partial charge in [-0.05, 0) is 155 Å². The van der Waals surface area contributed by atoms with E-state index in [0.717, 1.165) is 141 Å². The quantitative estimate of drug-likeness (QED) is 0.142. The summed E-state index contributed by atoms with van der Waals surface area (Å²) in [6.45, 7) is 0. The van der Waals surface area contributed by atoms with Crippen molar-refractivity contribution in [1.29, 1.82) is 0 Å². The number of hydrogen-bond donors (Lipinski definition) is 0. The van der Waals surface area contributed by atoms with E-state index in [9.17, 15) is 0 Å². The van der Waals surface area contributed by atoms with E-state index < -0.39 is 0 Å². The van der Waals surface area contributed by atoms with Crippen LogP contribution >= 0.6 is 0 Å². The summed E-state index contributed by atoms with van der Waals surface area (Å²) in [5.41, 5.74) is 42.8. The summed E-state index contributed by atoms with van der Waals surface area (Å²) in [5, 5.41) is 4.68. The average Bonchev–Trinajstić information content (AvgIpc) is 1.54. The zero-order valence-corrected chi connectivity index (χ0v) is 73.4. The number of aromatic nitrogens is 11. The van der Waals surface area contributed by atoms with Crippen LogP contribution < -0.4 is 24.5 Å². The molecule has 638 valence electrons. The number of anilines is 15. The molecule has 16 nitrogen and oxygen atoms in total. The minimum Gasteiger partial charge on any atom is -0.309 e. The third-order valence-corrected chi connectivity index (χ3v) is 27.4. The summed E-state index contributed by atoms with van der Waals surface area (Å²) in [4.78, 5) is 55.8. The van der Waals surface area contributed by atoms with Gasteiger partial charge in [-0.3, -0.25) is 14.9 Å². The summed E-state index contributed by atoms with van der Waals surface area (Å²) in [6, 6.07) is 147. The van der Waals surface area contributed by atoms with Crippen molar-refractivity contribution in [1.82, 2.24) is 54.0 Å². The molecule has 17 aromatic carbocycles. The zero-order valence-electron chi connectivity index (χ0n) is 73.4. The van der Waals surface area contributed by atoms with E-state index in [1.54, 1.807) is 6.33 Å². The van der Waals surface area contributed by atoms with Crippen molar-refractivity contribution in [2.45, 2.75) is 0 Å². The van der Waals surface area contributed by atoms with Crippen LogP contribution in [0.2, 0.25) is 0 Å². The van der Waals surface area contributed by atoms with Gasteiger partial charge in [0.05, 0.1) is 125 Å². The van der Waals surface area contributed by atoms with Crippen LogP contribution in [0, 0.1) is 0 Å². The van der Waals surface area contributed by atoms with Gasteiger partial charge in [0.25, 0.3) is 0 Å². The van der Waals surface area contributed by atoms with Gasteiger partial charge < -0.3 is 28.7 Å². The van der Waals surface area contributed by atoms with Gasteiger partial charge in [0.15, 0.2) is 17.5 Å². The molecule has 0 bridgehead atoms. The van der Waals surface area contributed by atoms with E-state index in [4.69, 9.17) is 34.9 Å². The molecule has 16 heteroatoms. The van der Waals surface area contributed by atoms with E-state index in [1.807, 2.05) is 116 Å². The molecule has 0 unspecified atom stereocenters. The Morgan fingerprint density at radius 2 is 0.664 bits per heavy atom. The second kappa shape index (κ2) is 30.9. The van der Waals surface area contributed by atoms with Crippen LogP contribution in [0.25, 0.3) is 178 Å². The summed E-state index contributed by atoms with van der Waals surface area (Å²) >= 11 is 0. The smallest absolute Gasteiger partial charge is 0.235 e. The summed E-state index contributed by atoms with van der Waals surface area (Å²) in [6.07, 6.45) is 9.38. The minimum absolute atomic E-state index is 0.620. The maximum atomic E-state index is 5.27. The molecule has 0 amide bonds. The third-order valence-electron chi connectivity index (χ3n) is 27.4. The Morgan fingerprint density at radius 1 is 0.204 bits per heavy atom. The van der Waals surface area contributed by atoms with Gasteiger partial charge in [-0.25, -0.2) is 34.9 Å². The first-order chi connectivity index (χ1) is 68.0. The largest absolute Gasteiger partial charge is 0.309 e. The molecule has 13 heterocycles. The van der Waals surface area contributed by atoms with Gasteiger partial charge in [-0.15, -0.1) is 0 Å². The van der Waals surface area contributed by atoms with Crippen LogP contribution in [0.3, 0.4) is 0 Å². The number of pyridine rings is 2. The van der Waals surface area contributed by atoms with E-state index >= 15 is 0 Å². The maximum absolute atomic E-state index is 5.27. The SMILES string of the molecule is c1ccc(-c2nc(-c3ccccc3)nc(-c3ccc(N4c5ccccc5N5c6ccncc6-c6ccccc6-c6cccc4c65)cc3)n2)cc1.c1ccc(-c2nc(N3c4ccccc4N4c5cncnc5-c5ccccc5-c5cccc3c54)nc3ccccc23)cc1.c1ccc(-n2c3ccccc3c3cc(N4c5cccc6c5-n5c7c4cccc7c4nccc(c45)-c4ccccc4-6)ccc32)cc1. The lowest BCUT2D eigenvalue weighted by atomic mass is 9.93. The van der Waals surface area contributed by atoms with Gasteiger partial charge in [-0.2, -0.15) is 0 Å². The lowest BCUT2D eigenvalue weighted by molar-refractivity contribution is 1.07. The summed E-state index contributed by atoms with van der Waals surface area (Å²) in [5.74, 6) is 2.54. The molecule has 0 atom stereocenters. The molecule has 137 heavy (non-hydrogen) atoms. The van der Waals surface area contributed by atoms with E-state index in [1.165, 1.54) is 99.9 Å². The van der Waals surface area contributed by atoms with Crippen LogP contribution in [0.15, 0.2) is 450 Å². The first-order valence-corrected chi connectivity index (χ1v) is 46.0. The van der Waals surface area contributed by atoms with Crippen LogP contribution in [-0.4, -0.2) is 54.0 Å². The standard InChI is InChI=1S/C44H28N6.C41H24N4.C36H22N6/c1-3-12-29(13-4-1)42-46-43(30-14-5-2-6-15-30)48-44(47-42)31-22-24-32(25-23-31)49-38-19-9-10-20-39(38)50-37-26-27-45-28-36(37)34-17-8-7-16-33(34)35-18-11-21-40(49)41(35)50;1-2-10-25(11-3-1)43-34-17-7-6-14-29(34)33-24-26(20-21-35(33)43)44-36-18-8-15-30-27-12-4-5-13-28(27)31-22-23-42-38-32-16-9-19-37(44)40(32)45(39(30)36)41(31)38;1-2-11-23(12-3-1)33-27-15-6-7-17-28(27)39-36(40-33)42-30-19-9-8-18-29(30)41-32-21-37-22-38-34(32)25-14-5-4-13-24(25)26-16-10-20-31(42)35(26)41/h1-28H;1-24H;1-22H. The Morgan fingerprint density at radius 3 is 1.32 bits per heavy atom. The van der Waals surface area contributed by atoms with E-state index in [2.05, 4.69) is 371 Å². The van der Waals surface area contributed by atoms with Crippen molar-refractivity contribution < 1.29 is 0 Å². The molecule has 0 N–H and O–H groups in total. The highest BCUT2D eigenvalue weighted by molar-refractivity contribution is 6.22. The third kappa shape index (κ3) is 11.9. The van der Waals surface area contributed by atoms with Crippen molar-refractivity contribution in [2.75, 3.05) is 24.5 Å². The van der Waals surface area contributed by atoms with E-state index in [0.29, 0.717) is 23.4 Å². The Bertz CT molecular complexity index is 9040. The predicted molar refractivity (Wildman–Crippen MR) is 555 cm³/mol. The highest BCUT2D eigenvalue weighted by Gasteiger charge is 2.41. The normalized spacial score (nSPS) is 12.6. The highest BCUT2D eigenvalue weighted by Crippen LogP contribution is 2.64. The lowest BCUT2D eigenvalue weighted by Gasteiger charge is -2.41. The van der Waals surface area contributed by atoms with Crippen molar-refractivity contribution in [3.63, 3.8) is 0 Å². The molecule has 7 aromatic heterocycles. The zero-order chi connectivity index (χ0) is 89.9. The Labute approximate surface area is 786 Å².